The molecule has 256 valence electrons. The highest BCUT2D eigenvalue weighted by Gasteiger charge is 2.20. The average molecular weight is 701 g/mol. The van der Waals surface area contributed by atoms with E-state index in [0.29, 0.717) is 0 Å². The van der Waals surface area contributed by atoms with Crippen LogP contribution in [-0.2, 0) is 0 Å². The van der Waals surface area contributed by atoms with E-state index in [1.165, 1.54) is 65.6 Å². The summed E-state index contributed by atoms with van der Waals surface area (Å²) < 4.78 is 11.4. The molecular formula is C52H32N2O. The molecule has 12 aromatic rings. The van der Waals surface area contributed by atoms with Gasteiger partial charge in [0.1, 0.15) is 5.58 Å². The largest absolute Gasteiger partial charge is 0.454 e. The maximum atomic E-state index is 6.60. The highest BCUT2D eigenvalue weighted by molar-refractivity contribution is 6.17. The molecule has 3 heterocycles. The molecule has 9 aromatic carbocycles. The molecule has 3 heteroatoms. The summed E-state index contributed by atoms with van der Waals surface area (Å²) in [6.45, 7) is 0. The number of benzene rings is 9. The Morgan fingerprint density at radius 3 is 1.73 bits per heavy atom. The summed E-state index contributed by atoms with van der Waals surface area (Å²) in [4.78, 5) is 0. The summed E-state index contributed by atoms with van der Waals surface area (Å²) >= 11 is 0. The number of fused-ring (bicyclic) bond motifs is 10. The normalized spacial score (nSPS) is 12.0. The fourth-order valence-electron chi connectivity index (χ4n) is 8.94. The Kier molecular flexibility index (Phi) is 6.34. The van der Waals surface area contributed by atoms with Gasteiger partial charge in [0.15, 0.2) is 5.58 Å². The van der Waals surface area contributed by atoms with Gasteiger partial charge < -0.3 is 13.6 Å². The number of hydrogen-bond donors (Lipinski definition) is 0. The SMILES string of the molecule is c1ccc(-c2cccc(-n3c4ccccc4c4cc(-c5ccc6c(c5)c5cc7ccccc7cc5n6-c5cccc6c5oc5ccccc56)ccc43)c2)cc1. The Bertz CT molecular complexity index is 3490. The van der Waals surface area contributed by atoms with Crippen LogP contribution >= 0.6 is 0 Å². The third-order valence-electron chi connectivity index (χ3n) is 11.5. The Morgan fingerprint density at radius 2 is 0.891 bits per heavy atom. The van der Waals surface area contributed by atoms with Gasteiger partial charge in [0, 0.05) is 38.0 Å². The number of nitrogens with zero attached hydrogens (tertiary/aromatic N) is 2. The van der Waals surface area contributed by atoms with Crippen LogP contribution in [0.4, 0.5) is 0 Å². The lowest BCUT2D eigenvalue weighted by atomic mass is 10.00. The molecule has 55 heavy (non-hydrogen) atoms. The van der Waals surface area contributed by atoms with E-state index in [1.807, 2.05) is 6.07 Å². The maximum absolute atomic E-state index is 6.60. The van der Waals surface area contributed by atoms with E-state index in [4.69, 9.17) is 4.42 Å². The van der Waals surface area contributed by atoms with Gasteiger partial charge in [0.2, 0.25) is 0 Å². The van der Waals surface area contributed by atoms with E-state index < -0.39 is 0 Å². The van der Waals surface area contributed by atoms with Crippen LogP contribution in [0.15, 0.2) is 199 Å². The van der Waals surface area contributed by atoms with Crippen LogP contribution in [0, 0.1) is 0 Å². The number of para-hydroxylation sites is 3. The van der Waals surface area contributed by atoms with Gasteiger partial charge in [-0.05, 0) is 99.8 Å². The summed E-state index contributed by atoms with van der Waals surface area (Å²) in [5, 5.41) is 9.62. The van der Waals surface area contributed by atoms with Crippen LogP contribution in [0.1, 0.15) is 0 Å². The Morgan fingerprint density at radius 1 is 0.309 bits per heavy atom. The lowest BCUT2D eigenvalue weighted by Gasteiger charge is -2.11. The summed E-state index contributed by atoms with van der Waals surface area (Å²) in [5.74, 6) is 0. The van der Waals surface area contributed by atoms with Crippen molar-refractivity contribution in [1.82, 2.24) is 9.13 Å². The topological polar surface area (TPSA) is 23.0 Å². The van der Waals surface area contributed by atoms with Crippen LogP contribution < -0.4 is 0 Å². The van der Waals surface area contributed by atoms with Gasteiger partial charge in [0.25, 0.3) is 0 Å². The third-order valence-corrected chi connectivity index (χ3v) is 11.5. The molecule has 0 amide bonds. The first-order valence-electron chi connectivity index (χ1n) is 18.8. The predicted molar refractivity (Wildman–Crippen MR) is 231 cm³/mol. The quantitative estimate of drug-likeness (QED) is 0.179. The maximum Gasteiger partial charge on any atom is 0.159 e. The Labute approximate surface area is 316 Å². The minimum Gasteiger partial charge on any atom is -0.454 e. The molecule has 0 fully saturated rings. The lowest BCUT2D eigenvalue weighted by molar-refractivity contribution is 0.666. The average Bonchev–Trinajstić information content (AvgIpc) is 3.90. The van der Waals surface area contributed by atoms with Crippen LogP contribution in [0.25, 0.3) is 110 Å². The molecule has 0 spiro atoms. The van der Waals surface area contributed by atoms with Crippen LogP contribution in [0.5, 0.6) is 0 Å². The molecule has 12 rings (SSSR count). The molecule has 0 unspecified atom stereocenters. The van der Waals surface area contributed by atoms with Gasteiger partial charge in [-0.1, -0.05) is 127 Å². The zero-order chi connectivity index (χ0) is 36.0. The number of hydrogen-bond acceptors (Lipinski definition) is 1. The highest BCUT2D eigenvalue weighted by atomic mass is 16.3. The van der Waals surface area contributed by atoms with Crippen molar-refractivity contribution in [1.29, 1.82) is 0 Å². The first-order valence-corrected chi connectivity index (χ1v) is 18.8. The van der Waals surface area contributed by atoms with Crippen LogP contribution in [0.3, 0.4) is 0 Å². The van der Waals surface area contributed by atoms with E-state index in [2.05, 4.69) is 197 Å². The first-order chi connectivity index (χ1) is 27.3. The number of aromatic nitrogens is 2. The first kappa shape index (κ1) is 30.1. The molecule has 0 saturated carbocycles. The van der Waals surface area contributed by atoms with Crippen molar-refractivity contribution in [2.45, 2.75) is 0 Å². The zero-order valence-corrected chi connectivity index (χ0v) is 29.8. The standard InChI is InChI=1S/C52H32N2O/c1-2-12-33(13-3-1)34-16-10-17-39(28-34)53-46-21-8-6-18-40(46)43-30-37(24-26-47(43)53)38-25-27-48-44(31-38)45-29-35-14-4-5-15-36(35)32-50(45)54(48)49-22-11-20-42-41-19-7-9-23-51(41)55-52(42)49/h1-32H. The van der Waals surface area contributed by atoms with Crippen molar-refractivity contribution in [3.8, 4) is 33.6 Å². The molecule has 0 radical (unpaired) electrons. The van der Waals surface area contributed by atoms with E-state index >= 15 is 0 Å². The smallest absolute Gasteiger partial charge is 0.159 e. The minimum absolute atomic E-state index is 0.899. The van der Waals surface area contributed by atoms with Gasteiger partial charge in [-0.25, -0.2) is 0 Å². The minimum atomic E-state index is 0.899. The Hall–Kier alpha value is -7.36. The van der Waals surface area contributed by atoms with Gasteiger partial charge in [-0.2, -0.15) is 0 Å². The van der Waals surface area contributed by atoms with Crippen molar-refractivity contribution < 1.29 is 4.42 Å². The molecule has 0 aliphatic carbocycles. The van der Waals surface area contributed by atoms with Gasteiger partial charge in [-0.15, -0.1) is 0 Å². The predicted octanol–water partition coefficient (Wildman–Crippen LogP) is 14.3. The Balaban J connectivity index is 1.07. The van der Waals surface area contributed by atoms with Crippen molar-refractivity contribution in [2.24, 2.45) is 0 Å². The summed E-state index contributed by atoms with van der Waals surface area (Å²) in [6, 6.07) is 70.3. The van der Waals surface area contributed by atoms with Crippen molar-refractivity contribution in [3.63, 3.8) is 0 Å². The van der Waals surface area contributed by atoms with E-state index in [9.17, 15) is 0 Å². The molecule has 0 bridgehead atoms. The summed E-state index contributed by atoms with van der Waals surface area (Å²) in [5.41, 5.74) is 13.5. The molecule has 3 nitrogen and oxygen atoms in total. The third kappa shape index (κ3) is 4.50. The second-order valence-corrected chi connectivity index (χ2v) is 14.5. The molecular weight excluding hydrogens is 669 g/mol. The zero-order valence-electron chi connectivity index (χ0n) is 29.8. The monoisotopic (exact) mass is 700 g/mol. The molecule has 0 atom stereocenters. The lowest BCUT2D eigenvalue weighted by Crippen LogP contribution is -1.94. The van der Waals surface area contributed by atoms with Crippen molar-refractivity contribution in [3.05, 3.63) is 194 Å². The second kappa shape index (κ2) is 11.6. The van der Waals surface area contributed by atoms with Gasteiger partial charge in [-0.3, -0.25) is 0 Å². The second-order valence-electron chi connectivity index (χ2n) is 14.5. The summed E-state index contributed by atoms with van der Waals surface area (Å²) in [6.07, 6.45) is 0. The fraction of sp³-hybridized carbons (Fsp3) is 0. The van der Waals surface area contributed by atoms with Crippen molar-refractivity contribution in [2.75, 3.05) is 0 Å². The highest BCUT2D eigenvalue weighted by Crippen LogP contribution is 2.42. The van der Waals surface area contributed by atoms with Gasteiger partial charge in [0.05, 0.1) is 27.8 Å². The van der Waals surface area contributed by atoms with E-state index in [1.54, 1.807) is 0 Å². The molecule has 0 saturated heterocycles. The molecule has 0 aliphatic rings. The summed E-state index contributed by atoms with van der Waals surface area (Å²) in [7, 11) is 0. The number of furan rings is 1. The van der Waals surface area contributed by atoms with Crippen LogP contribution in [0.2, 0.25) is 0 Å². The molecule has 3 aromatic heterocycles. The van der Waals surface area contributed by atoms with Crippen LogP contribution in [-0.4, -0.2) is 9.13 Å². The van der Waals surface area contributed by atoms with Gasteiger partial charge >= 0.3 is 0 Å². The van der Waals surface area contributed by atoms with E-state index in [0.717, 1.165) is 44.3 Å². The molecule has 0 aliphatic heterocycles. The van der Waals surface area contributed by atoms with E-state index in [-0.39, 0.29) is 0 Å². The number of rotatable bonds is 4. The fourth-order valence-corrected chi connectivity index (χ4v) is 8.94. The van der Waals surface area contributed by atoms with Crippen molar-refractivity contribution >= 4 is 76.3 Å². The molecule has 0 N–H and O–H groups in total.